The molecule has 0 radical (unpaired) electrons. The number of carboxylic acids is 1. The number of hydrogen-bond donors (Lipinski definition) is 3. The van der Waals surface area contributed by atoms with E-state index < -0.39 is 11.9 Å². The smallest absolute Gasteiger partial charge is 0.308 e. The number of nitrogens with two attached hydrogens (primary N) is 1. The van der Waals surface area contributed by atoms with Gasteiger partial charge in [0.2, 0.25) is 5.91 Å². The predicted molar refractivity (Wildman–Crippen MR) is 72.1 cm³/mol. The Hall–Kier alpha value is -2.11. The molecule has 1 amide bonds. The maximum absolute atomic E-state index is 11.4. The van der Waals surface area contributed by atoms with E-state index in [0.717, 1.165) is 19.3 Å². The van der Waals surface area contributed by atoms with Gasteiger partial charge in [-0.2, -0.15) is 0 Å². The lowest BCUT2D eigenvalue weighted by atomic mass is 9.84. The third-order valence-corrected chi connectivity index (χ3v) is 4.56. The van der Waals surface area contributed by atoms with E-state index >= 15 is 0 Å². The van der Waals surface area contributed by atoms with Gasteiger partial charge in [-0.3, -0.25) is 9.59 Å². The summed E-state index contributed by atoms with van der Waals surface area (Å²) in [5.41, 5.74) is 5.51. The lowest BCUT2D eigenvalue weighted by Crippen LogP contribution is -2.39. The van der Waals surface area contributed by atoms with E-state index in [1.54, 1.807) is 12.1 Å². The van der Waals surface area contributed by atoms with Crippen LogP contribution in [0.15, 0.2) is 18.3 Å². The molecule has 0 spiro atoms. The molecule has 6 heteroatoms. The van der Waals surface area contributed by atoms with Gasteiger partial charge >= 0.3 is 5.97 Å². The lowest BCUT2D eigenvalue weighted by molar-refractivity contribution is -0.143. The molecule has 1 heterocycles. The third-order valence-electron chi connectivity index (χ3n) is 4.56. The summed E-state index contributed by atoms with van der Waals surface area (Å²) in [4.78, 5) is 26.5. The molecular formula is C14H17N3O3. The average Bonchev–Trinajstić information content (AvgIpc) is 3.00. The van der Waals surface area contributed by atoms with E-state index in [9.17, 15) is 14.7 Å². The van der Waals surface area contributed by atoms with E-state index in [0.29, 0.717) is 17.3 Å². The van der Waals surface area contributed by atoms with Gasteiger partial charge in [0.25, 0.3) is 0 Å². The molecule has 1 aromatic rings. The lowest BCUT2D eigenvalue weighted by Gasteiger charge is -2.29. The largest absolute Gasteiger partial charge is 0.481 e. The second-order valence-electron chi connectivity index (χ2n) is 5.66. The Morgan fingerprint density at radius 2 is 2.05 bits per heavy atom. The molecule has 0 saturated heterocycles. The van der Waals surface area contributed by atoms with Crippen molar-refractivity contribution in [2.75, 3.05) is 5.32 Å². The van der Waals surface area contributed by atoms with Crippen LogP contribution in [0.25, 0.3) is 0 Å². The van der Waals surface area contributed by atoms with Gasteiger partial charge in [0, 0.05) is 12.2 Å². The number of rotatable bonds is 4. The van der Waals surface area contributed by atoms with Crippen molar-refractivity contribution in [2.45, 2.75) is 25.3 Å². The van der Waals surface area contributed by atoms with Gasteiger partial charge in [0.15, 0.2) is 0 Å². The van der Waals surface area contributed by atoms with Crippen LogP contribution in [0.3, 0.4) is 0 Å². The first-order valence-electron chi connectivity index (χ1n) is 6.81. The van der Waals surface area contributed by atoms with Crippen molar-refractivity contribution in [1.82, 2.24) is 4.98 Å². The van der Waals surface area contributed by atoms with Crippen LogP contribution in [0.1, 0.15) is 29.6 Å². The van der Waals surface area contributed by atoms with E-state index in [1.165, 1.54) is 6.20 Å². The number of aliphatic carboxylic acids is 1. The molecule has 2 bridgehead atoms. The zero-order valence-corrected chi connectivity index (χ0v) is 11.0. The number of fused-ring (bicyclic) bond motifs is 2. The molecule has 4 atom stereocenters. The third kappa shape index (κ3) is 2.11. The van der Waals surface area contributed by atoms with Crippen LogP contribution in [0, 0.1) is 17.8 Å². The average molecular weight is 275 g/mol. The number of carbonyl (C=O) groups is 2. The summed E-state index contributed by atoms with van der Waals surface area (Å²) < 4.78 is 0. The summed E-state index contributed by atoms with van der Waals surface area (Å²) in [6, 6.07) is 3.20. The highest BCUT2D eigenvalue weighted by molar-refractivity contribution is 5.92. The number of anilines is 1. The zero-order chi connectivity index (χ0) is 14.3. The normalized spacial score (nSPS) is 31.2. The van der Waals surface area contributed by atoms with Crippen LogP contribution in [-0.2, 0) is 4.79 Å². The zero-order valence-electron chi connectivity index (χ0n) is 11.0. The minimum atomic E-state index is -0.733. The molecule has 1 aromatic heterocycles. The number of pyridine rings is 1. The van der Waals surface area contributed by atoms with Crippen molar-refractivity contribution in [1.29, 1.82) is 0 Å². The van der Waals surface area contributed by atoms with Crippen molar-refractivity contribution >= 4 is 17.7 Å². The molecule has 2 aliphatic rings. The molecule has 3 rings (SSSR count). The molecule has 4 N–H and O–H groups in total. The van der Waals surface area contributed by atoms with Gasteiger partial charge in [-0.05, 0) is 43.2 Å². The number of carbonyl (C=O) groups excluding carboxylic acids is 1. The van der Waals surface area contributed by atoms with Crippen LogP contribution in [-0.4, -0.2) is 28.0 Å². The number of carboxylic acid groups (broad SMARTS) is 1. The Kier molecular flexibility index (Phi) is 3.08. The van der Waals surface area contributed by atoms with Crippen molar-refractivity contribution in [3.8, 4) is 0 Å². The summed E-state index contributed by atoms with van der Waals surface area (Å²) >= 11 is 0. The Labute approximate surface area is 116 Å². The molecule has 0 aliphatic heterocycles. The summed E-state index contributed by atoms with van der Waals surface area (Å²) in [6.07, 6.45) is 4.47. The van der Waals surface area contributed by atoms with Crippen LogP contribution in [0.2, 0.25) is 0 Å². The fraction of sp³-hybridized carbons (Fsp3) is 0.500. The first-order valence-corrected chi connectivity index (χ1v) is 6.81. The van der Waals surface area contributed by atoms with Crippen LogP contribution < -0.4 is 11.1 Å². The van der Waals surface area contributed by atoms with Crippen molar-refractivity contribution in [3.63, 3.8) is 0 Å². The predicted octanol–water partition coefficient (Wildman–Crippen LogP) is 1.09. The molecular weight excluding hydrogens is 258 g/mol. The first-order chi connectivity index (χ1) is 9.56. The number of nitrogens with one attached hydrogen (secondary N) is 1. The number of aromatic nitrogens is 1. The quantitative estimate of drug-likeness (QED) is 0.762. The maximum atomic E-state index is 11.4. The Morgan fingerprint density at radius 1 is 1.30 bits per heavy atom. The van der Waals surface area contributed by atoms with Gasteiger partial charge in [-0.15, -0.1) is 0 Å². The number of primary amides is 1. The number of hydrogen-bond acceptors (Lipinski definition) is 4. The minimum absolute atomic E-state index is 0.0711. The molecule has 0 aromatic carbocycles. The fourth-order valence-electron chi connectivity index (χ4n) is 3.65. The second kappa shape index (κ2) is 4.77. The number of amides is 1. The first kappa shape index (κ1) is 12.9. The van der Waals surface area contributed by atoms with Crippen molar-refractivity contribution in [3.05, 3.63) is 23.9 Å². The molecule has 2 aliphatic carbocycles. The summed E-state index contributed by atoms with van der Waals surface area (Å²) in [5, 5.41) is 12.6. The minimum Gasteiger partial charge on any atom is -0.481 e. The fourth-order valence-corrected chi connectivity index (χ4v) is 3.65. The Bertz CT molecular complexity index is 543. The molecule has 20 heavy (non-hydrogen) atoms. The molecule has 4 unspecified atom stereocenters. The highest BCUT2D eigenvalue weighted by Gasteiger charge is 2.51. The van der Waals surface area contributed by atoms with Gasteiger partial charge in [-0.1, -0.05) is 0 Å². The van der Waals surface area contributed by atoms with Crippen LogP contribution in [0.4, 0.5) is 5.82 Å². The van der Waals surface area contributed by atoms with Gasteiger partial charge in [-0.25, -0.2) is 4.98 Å². The monoisotopic (exact) mass is 275 g/mol. The molecule has 106 valence electrons. The Morgan fingerprint density at radius 3 is 2.65 bits per heavy atom. The molecule has 2 fully saturated rings. The molecule has 2 saturated carbocycles. The van der Waals surface area contributed by atoms with E-state index in [2.05, 4.69) is 10.3 Å². The van der Waals surface area contributed by atoms with Crippen molar-refractivity contribution < 1.29 is 14.7 Å². The van der Waals surface area contributed by atoms with E-state index in [4.69, 9.17) is 5.73 Å². The van der Waals surface area contributed by atoms with Gasteiger partial charge < -0.3 is 16.2 Å². The highest BCUT2D eigenvalue weighted by atomic mass is 16.4. The summed E-state index contributed by atoms with van der Waals surface area (Å²) in [7, 11) is 0. The van der Waals surface area contributed by atoms with Crippen LogP contribution >= 0.6 is 0 Å². The number of nitrogens with zero attached hydrogens (tertiary/aromatic N) is 1. The standard InChI is InChI=1S/C14H17N3O3/c15-13(18)9-3-4-10(16-6-9)17-12-8-2-1-7(5-8)11(12)14(19)20/h3-4,6-8,11-12H,1-2,5H2,(H2,15,18)(H,16,17)(H,19,20). The topological polar surface area (TPSA) is 105 Å². The maximum Gasteiger partial charge on any atom is 0.308 e. The van der Waals surface area contributed by atoms with Gasteiger partial charge in [0.1, 0.15) is 5.82 Å². The van der Waals surface area contributed by atoms with Crippen LogP contribution in [0.5, 0.6) is 0 Å². The van der Waals surface area contributed by atoms with E-state index in [1.807, 2.05) is 0 Å². The summed E-state index contributed by atoms with van der Waals surface area (Å²) in [5.74, 6) is -0.320. The highest BCUT2D eigenvalue weighted by Crippen LogP contribution is 2.49. The molecule has 6 nitrogen and oxygen atoms in total. The van der Waals surface area contributed by atoms with Gasteiger partial charge in [0.05, 0.1) is 11.5 Å². The summed E-state index contributed by atoms with van der Waals surface area (Å²) in [6.45, 7) is 0. The van der Waals surface area contributed by atoms with E-state index in [-0.39, 0.29) is 17.9 Å². The second-order valence-corrected chi connectivity index (χ2v) is 5.66. The van der Waals surface area contributed by atoms with Crippen molar-refractivity contribution in [2.24, 2.45) is 23.5 Å². The Balaban J connectivity index is 1.76. The SMILES string of the molecule is NC(=O)c1ccc(NC2C3CCC(C3)C2C(=O)O)nc1.